The third-order valence-electron chi connectivity index (χ3n) is 1.89. The van der Waals surface area contributed by atoms with E-state index in [4.69, 9.17) is 0 Å². The second kappa shape index (κ2) is 4.51. The summed E-state index contributed by atoms with van der Waals surface area (Å²) in [4.78, 5) is 22.3. The first-order valence-corrected chi connectivity index (χ1v) is 4.39. The molecule has 0 heterocycles. The zero-order chi connectivity index (χ0) is 10.6. The van der Waals surface area contributed by atoms with Crippen molar-refractivity contribution in [2.24, 2.45) is 0 Å². The third kappa shape index (κ3) is 2.39. The van der Waals surface area contributed by atoms with E-state index in [9.17, 15) is 9.59 Å². The summed E-state index contributed by atoms with van der Waals surface area (Å²) < 4.78 is 0. The molecule has 1 aromatic carbocycles. The highest BCUT2D eigenvalue weighted by atomic mass is 16.1. The first kappa shape index (κ1) is 10.4. The summed E-state index contributed by atoms with van der Waals surface area (Å²) >= 11 is 0. The molecule has 0 radical (unpaired) electrons. The molecule has 0 atom stereocenters. The van der Waals surface area contributed by atoms with Gasteiger partial charge in [0, 0.05) is 5.56 Å². The standard InChI is InChI=1S/C12H12O2/c1-3-10-6-4-5-7-11(10)12(14)8-9(2)13/h3-7H,1,8H2,2H3. The van der Waals surface area contributed by atoms with Crippen molar-refractivity contribution in [2.75, 3.05) is 0 Å². The molecule has 2 heteroatoms. The van der Waals surface area contributed by atoms with Gasteiger partial charge in [-0.05, 0) is 12.5 Å². The second-order valence-corrected chi connectivity index (χ2v) is 3.09. The van der Waals surface area contributed by atoms with Crippen LogP contribution in [0.4, 0.5) is 0 Å². The van der Waals surface area contributed by atoms with E-state index in [2.05, 4.69) is 6.58 Å². The van der Waals surface area contributed by atoms with Crippen LogP contribution in [-0.4, -0.2) is 11.6 Å². The summed E-state index contributed by atoms with van der Waals surface area (Å²) in [5.74, 6) is -0.262. The predicted molar refractivity (Wildman–Crippen MR) is 56.2 cm³/mol. The SMILES string of the molecule is C=Cc1ccccc1C(=O)CC(C)=O. The third-order valence-corrected chi connectivity index (χ3v) is 1.89. The number of carbonyl (C=O) groups excluding carboxylic acids is 2. The molecule has 1 rings (SSSR count). The molecule has 0 aliphatic rings. The van der Waals surface area contributed by atoms with E-state index < -0.39 is 0 Å². The molecule has 0 saturated carbocycles. The molecule has 2 nitrogen and oxygen atoms in total. The number of carbonyl (C=O) groups is 2. The molecule has 0 unspecified atom stereocenters. The van der Waals surface area contributed by atoms with E-state index in [1.54, 1.807) is 24.3 Å². The molecule has 14 heavy (non-hydrogen) atoms. The molecule has 0 spiro atoms. The second-order valence-electron chi connectivity index (χ2n) is 3.09. The molecule has 1 aromatic rings. The van der Waals surface area contributed by atoms with Crippen LogP contribution in [0.3, 0.4) is 0 Å². The molecule has 0 amide bonds. The smallest absolute Gasteiger partial charge is 0.170 e. The predicted octanol–water partition coefficient (Wildman–Crippen LogP) is 2.49. The average molecular weight is 188 g/mol. The van der Waals surface area contributed by atoms with E-state index in [0.717, 1.165) is 5.56 Å². The monoisotopic (exact) mass is 188 g/mol. The molecule has 0 aliphatic heterocycles. The Kier molecular flexibility index (Phi) is 3.35. The van der Waals surface area contributed by atoms with Gasteiger partial charge in [-0.15, -0.1) is 0 Å². The van der Waals surface area contributed by atoms with Crippen LogP contribution in [0.15, 0.2) is 30.8 Å². The first-order chi connectivity index (χ1) is 6.65. The van der Waals surface area contributed by atoms with Crippen LogP contribution in [-0.2, 0) is 4.79 Å². The molecule has 0 saturated heterocycles. The number of hydrogen-bond donors (Lipinski definition) is 0. The lowest BCUT2D eigenvalue weighted by atomic mass is 10.0. The van der Waals surface area contributed by atoms with E-state index in [1.807, 2.05) is 6.07 Å². The lowest BCUT2D eigenvalue weighted by Gasteiger charge is -2.02. The molecule has 72 valence electrons. The van der Waals surface area contributed by atoms with Crippen molar-refractivity contribution >= 4 is 17.6 Å². The van der Waals surface area contributed by atoms with E-state index >= 15 is 0 Å². The van der Waals surface area contributed by atoms with Crippen LogP contribution >= 0.6 is 0 Å². The van der Waals surface area contributed by atoms with E-state index in [-0.39, 0.29) is 18.0 Å². The van der Waals surface area contributed by atoms with Crippen LogP contribution in [0.25, 0.3) is 6.08 Å². The molecular weight excluding hydrogens is 176 g/mol. The molecular formula is C12H12O2. The minimum absolute atomic E-state index is 0.0369. The largest absolute Gasteiger partial charge is 0.300 e. The van der Waals surface area contributed by atoms with Crippen molar-refractivity contribution in [1.82, 2.24) is 0 Å². The average Bonchev–Trinajstić information content (AvgIpc) is 2.16. The lowest BCUT2D eigenvalue weighted by Crippen LogP contribution is -2.06. The van der Waals surface area contributed by atoms with Gasteiger partial charge in [0.1, 0.15) is 5.78 Å². The lowest BCUT2D eigenvalue weighted by molar-refractivity contribution is -0.116. The van der Waals surface area contributed by atoms with Gasteiger partial charge in [0.15, 0.2) is 5.78 Å². The minimum atomic E-state index is -0.145. The maximum absolute atomic E-state index is 11.6. The van der Waals surface area contributed by atoms with Gasteiger partial charge in [-0.3, -0.25) is 9.59 Å². The Morgan fingerprint density at radius 2 is 2.00 bits per heavy atom. The normalized spacial score (nSPS) is 9.50. The Balaban J connectivity index is 2.99. The van der Waals surface area contributed by atoms with Gasteiger partial charge in [-0.25, -0.2) is 0 Å². The zero-order valence-corrected chi connectivity index (χ0v) is 8.12. The Labute approximate surface area is 83.3 Å². The van der Waals surface area contributed by atoms with Crippen molar-refractivity contribution in [1.29, 1.82) is 0 Å². The van der Waals surface area contributed by atoms with Gasteiger partial charge in [-0.1, -0.05) is 36.9 Å². The summed E-state index contributed by atoms with van der Waals surface area (Å²) in [5.41, 5.74) is 1.34. The number of rotatable bonds is 4. The Morgan fingerprint density at radius 1 is 1.36 bits per heavy atom. The summed E-state index contributed by atoms with van der Waals surface area (Å²) in [5, 5.41) is 0. The van der Waals surface area contributed by atoms with Crippen molar-refractivity contribution in [2.45, 2.75) is 13.3 Å². The molecule has 0 aromatic heterocycles. The fourth-order valence-corrected chi connectivity index (χ4v) is 1.25. The highest BCUT2D eigenvalue weighted by molar-refractivity contribution is 6.09. The van der Waals surface area contributed by atoms with Crippen molar-refractivity contribution < 1.29 is 9.59 Å². The fourth-order valence-electron chi connectivity index (χ4n) is 1.25. The highest BCUT2D eigenvalue weighted by Gasteiger charge is 2.10. The van der Waals surface area contributed by atoms with Gasteiger partial charge in [0.2, 0.25) is 0 Å². The molecule has 0 aliphatic carbocycles. The van der Waals surface area contributed by atoms with Crippen LogP contribution in [0, 0.1) is 0 Å². The Hall–Kier alpha value is -1.70. The maximum Gasteiger partial charge on any atom is 0.170 e. The molecule has 0 fully saturated rings. The van der Waals surface area contributed by atoms with Crippen molar-refractivity contribution in [3.05, 3.63) is 42.0 Å². The quantitative estimate of drug-likeness (QED) is 0.537. The summed E-state index contributed by atoms with van der Waals surface area (Å²) in [6, 6.07) is 7.13. The van der Waals surface area contributed by atoms with Crippen LogP contribution < -0.4 is 0 Å². The van der Waals surface area contributed by atoms with Crippen LogP contribution in [0.1, 0.15) is 29.3 Å². The van der Waals surface area contributed by atoms with Gasteiger partial charge in [0.05, 0.1) is 6.42 Å². The van der Waals surface area contributed by atoms with Gasteiger partial charge < -0.3 is 0 Å². The topological polar surface area (TPSA) is 34.1 Å². The first-order valence-electron chi connectivity index (χ1n) is 4.39. The number of hydrogen-bond acceptors (Lipinski definition) is 2. The van der Waals surface area contributed by atoms with Crippen molar-refractivity contribution in [3.8, 4) is 0 Å². The van der Waals surface area contributed by atoms with E-state index in [0.29, 0.717) is 5.56 Å². The molecule has 0 N–H and O–H groups in total. The van der Waals surface area contributed by atoms with E-state index in [1.165, 1.54) is 6.92 Å². The maximum atomic E-state index is 11.6. The Bertz CT molecular complexity index is 378. The number of ketones is 2. The number of Topliss-reactive ketones (excluding diaryl/α,β-unsaturated/α-hetero) is 2. The van der Waals surface area contributed by atoms with Gasteiger partial charge in [0.25, 0.3) is 0 Å². The highest BCUT2D eigenvalue weighted by Crippen LogP contribution is 2.12. The summed E-state index contributed by atoms with van der Waals surface area (Å²) in [6.45, 7) is 5.03. The Morgan fingerprint density at radius 3 is 2.57 bits per heavy atom. The number of benzene rings is 1. The zero-order valence-electron chi connectivity index (χ0n) is 8.12. The summed E-state index contributed by atoms with van der Waals surface area (Å²) in [6.07, 6.45) is 1.58. The molecule has 0 bridgehead atoms. The van der Waals surface area contributed by atoms with Crippen LogP contribution in [0.2, 0.25) is 0 Å². The fraction of sp³-hybridized carbons (Fsp3) is 0.167. The van der Waals surface area contributed by atoms with Gasteiger partial charge >= 0.3 is 0 Å². The van der Waals surface area contributed by atoms with Crippen LogP contribution in [0.5, 0.6) is 0 Å². The van der Waals surface area contributed by atoms with Gasteiger partial charge in [-0.2, -0.15) is 0 Å². The minimum Gasteiger partial charge on any atom is -0.300 e. The van der Waals surface area contributed by atoms with Crippen molar-refractivity contribution in [3.63, 3.8) is 0 Å². The summed E-state index contributed by atoms with van der Waals surface area (Å²) in [7, 11) is 0.